The monoisotopic (exact) mass is 187 g/mol. The summed E-state index contributed by atoms with van der Waals surface area (Å²) in [4.78, 5) is 7.38. The fourth-order valence-corrected chi connectivity index (χ4v) is 1.46. The highest BCUT2D eigenvalue weighted by Crippen LogP contribution is 2.21. The van der Waals surface area contributed by atoms with Gasteiger partial charge in [0.1, 0.15) is 0 Å². The fourth-order valence-electron chi connectivity index (χ4n) is 1.46. The SMILES string of the molecule is CNc1ncc(-c2ccccc2C)[nH]1. The van der Waals surface area contributed by atoms with E-state index in [0.717, 1.165) is 11.6 Å². The molecule has 0 atom stereocenters. The van der Waals surface area contributed by atoms with Crippen molar-refractivity contribution in [1.29, 1.82) is 0 Å². The first-order valence-electron chi connectivity index (χ1n) is 4.60. The number of anilines is 1. The molecule has 2 rings (SSSR count). The van der Waals surface area contributed by atoms with Gasteiger partial charge >= 0.3 is 0 Å². The van der Waals surface area contributed by atoms with E-state index in [1.54, 1.807) is 0 Å². The van der Waals surface area contributed by atoms with Crippen molar-refractivity contribution >= 4 is 5.95 Å². The molecule has 2 aromatic rings. The maximum absolute atomic E-state index is 4.19. The van der Waals surface area contributed by atoms with Gasteiger partial charge in [-0.3, -0.25) is 0 Å². The zero-order valence-corrected chi connectivity index (χ0v) is 8.33. The van der Waals surface area contributed by atoms with Gasteiger partial charge in [0.2, 0.25) is 0 Å². The minimum Gasteiger partial charge on any atom is -0.359 e. The van der Waals surface area contributed by atoms with Gasteiger partial charge in [0.15, 0.2) is 5.95 Å². The van der Waals surface area contributed by atoms with Gasteiger partial charge in [-0.15, -0.1) is 0 Å². The van der Waals surface area contributed by atoms with Gasteiger partial charge in [-0.05, 0) is 12.5 Å². The first-order chi connectivity index (χ1) is 6.81. The second-order valence-corrected chi connectivity index (χ2v) is 3.21. The van der Waals surface area contributed by atoms with Gasteiger partial charge in [0.25, 0.3) is 0 Å². The van der Waals surface area contributed by atoms with E-state index in [9.17, 15) is 0 Å². The molecule has 1 aromatic carbocycles. The normalized spacial score (nSPS) is 10.1. The Morgan fingerprint density at radius 2 is 2.07 bits per heavy atom. The average molecular weight is 187 g/mol. The third-order valence-corrected chi connectivity index (χ3v) is 2.25. The molecule has 0 saturated carbocycles. The van der Waals surface area contributed by atoms with E-state index in [-0.39, 0.29) is 0 Å². The van der Waals surface area contributed by atoms with Crippen molar-refractivity contribution in [2.45, 2.75) is 6.92 Å². The van der Waals surface area contributed by atoms with Crippen LogP contribution in [0.1, 0.15) is 5.56 Å². The van der Waals surface area contributed by atoms with Crippen LogP contribution in [0.3, 0.4) is 0 Å². The lowest BCUT2D eigenvalue weighted by Gasteiger charge is -2.01. The van der Waals surface area contributed by atoms with Gasteiger partial charge in [-0.1, -0.05) is 24.3 Å². The molecule has 0 aliphatic heterocycles. The van der Waals surface area contributed by atoms with Crippen molar-refractivity contribution in [3.05, 3.63) is 36.0 Å². The maximum atomic E-state index is 4.19. The molecule has 0 aliphatic carbocycles. The molecule has 0 radical (unpaired) electrons. The number of hydrogen-bond donors (Lipinski definition) is 2. The topological polar surface area (TPSA) is 40.7 Å². The molecule has 0 bridgehead atoms. The minimum atomic E-state index is 0.795. The van der Waals surface area contributed by atoms with Crippen LogP contribution in [0, 0.1) is 6.92 Å². The fraction of sp³-hybridized carbons (Fsp3) is 0.182. The molecule has 14 heavy (non-hydrogen) atoms. The third kappa shape index (κ3) is 1.48. The van der Waals surface area contributed by atoms with E-state index in [0.29, 0.717) is 0 Å². The minimum absolute atomic E-state index is 0.795. The molecule has 0 aliphatic rings. The van der Waals surface area contributed by atoms with Crippen LogP contribution in [0.15, 0.2) is 30.5 Å². The molecule has 3 heteroatoms. The smallest absolute Gasteiger partial charge is 0.200 e. The number of H-pyrrole nitrogens is 1. The van der Waals surface area contributed by atoms with Gasteiger partial charge in [0.05, 0.1) is 11.9 Å². The Morgan fingerprint density at radius 1 is 1.29 bits per heavy atom. The highest BCUT2D eigenvalue weighted by atomic mass is 15.1. The quantitative estimate of drug-likeness (QED) is 0.758. The van der Waals surface area contributed by atoms with Gasteiger partial charge in [0, 0.05) is 12.6 Å². The summed E-state index contributed by atoms with van der Waals surface area (Å²) < 4.78 is 0. The van der Waals surface area contributed by atoms with Crippen LogP contribution < -0.4 is 5.32 Å². The molecule has 3 nitrogen and oxygen atoms in total. The molecule has 72 valence electrons. The molecule has 0 saturated heterocycles. The van der Waals surface area contributed by atoms with Crippen LogP contribution in [0.2, 0.25) is 0 Å². The van der Waals surface area contributed by atoms with Crippen molar-refractivity contribution in [1.82, 2.24) is 9.97 Å². The van der Waals surface area contributed by atoms with Crippen molar-refractivity contribution in [2.24, 2.45) is 0 Å². The Balaban J connectivity index is 2.44. The first kappa shape index (κ1) is 8.81. The van der Waals surface area contributed by atoms with Crippen LogP contribution in [0.25, 0.3) is 11.3 Å². The Hall–Kier alpha value is -1.77. The van der Waals surface area contributed by atoms with Crippen molar-refractivity contribution in [3.63, 3.8) is 0 Å². The molecule has 0 fully saturated rings. The summed E-state index contributed by atoms with van der Waals surface area (Å²) in [5.41, 5.74) is 3.49. The second kappa shape index (κ2) is 3.54. The van der Waals surface area contributed by atoms with Gasteiger partial charge in [-0.25, -0.2) is 4.98 Å². The van der Waals surface area contributed by atoms with Crippen molar-refractivity contribution < 1.29 is 0 Å². The predicted molar refractivity (Wildman–Crippen MR) is 58.3 cm³/mol. The maximum Gasteiger partial charge on any atom is 0.200 e. The summed E-state index contributed by atoms with van der Waals surface area (Å²) in [5.74, 6) is 0.795. The lowest BCUT2D eigenvalue weighted by atomic mass is 10.1. The molecule has 0 amide bonds. The number of aryl methyl sites for hydroxylation is 1. The molecule has 0 unspecified atom stereocenters. The standard InChI is InChI=1S/C11H13N3/c1-8-5-3-4-6-9(8)10-7-13-11(12-2)14-10/h3-7H,1-2H3,(H2,12,13,14). The van der Waals surface area contributed by atoms with E-state index in [1.165, 1.54) is 11.1 Å². The molecular weight excluding hydrogens is 174 g/mol. The Kier molecular flexibility index (Phi) is 2.23. The Labute approximate surface area is 83.2 Å². The lowest BCUT2D eigenvalue weighted by molar-refractivity contribution is 1.26. The summed E-state index contributed by atoms with van der Waals surface area (Å²) >= 11 is 0. The van der Waals surface area contributed by atoms with Crippen molar-refractivity contribution in [2.75, 3.05) is 12.4 Å². The van der Waals surface area contributed by atoms with Crippen LogP contribution in [0.4, 0.5) is 5.95 Å². The summed E-state index contributed by atoms with van der Waals surface area (Å²) in [6.45, 7) is 2.09. The highest BCUT2D eigenvalue weighted by Gasteiger charge is 2.03. The second-order valence-electron chi connectivity index (χ2n) is 3.21. The summed E-state index contributed by atoms with van der Waals surface area (Å²) in [6, 6.07) is 8.24. The van der Waals surface area contributed by atoms with Gasteiger partial charge in [-0.2, -0.15) is 0 Å². The van der Waals surface area contributed by atoms with E-state index < -0.39 is 0 Å². The molecule has 1 heterocycles. The zero-order valence-electron chi connectivity index (χ0n) is 8.33. The van der Waals surface area contributed by atoms with E-state index >= 15 is 0 Å². The van der Waals surface area contributed by atoms with Crippen LogP contribution in [0.5, 0.6) is 0 Å². The van der Waals surface area contributed by atoms with Gasteiger partial charge < -0.3 is 10.3 Å². The lowest BCUT2D eigenvalue weighted by Crippen LogP contribution is -1.89. The van der Waals surface area contributed by atoms with Crippen LogP contribution >= 0.6 is 0 Å². The Morgan fingerprint density at radius 3 is 2.71 bits per heavy atom. The van der Waals surface area contributed by atoms with E-state index in [4.69, 9.17) is 0 Å². The number of nitrogens with one attached hydrogen (secondary N) is 2. The summed E-state index contributed by atoms with van der Waals surface area (Å²) in [5, 5.41) is 2.97. The van der Waals surface area contributed by atoms with Crippen molar-refractivity contribution in [3.8, 4) is 11.3 Å². The number of imidazole rings is 1. The number of hydrogen-bond acceptors (Lipinski definition) is 2. The summed E-state index contributed by atoms with van der Waals surface area (Å²) in [6.07, 6.45) is 1.84. The molecule has 2 N–H and O–H groups in total. The number of aromatic nitrogens is 2. The van der Waals surface area contributed by atoms with E-state index in [2.05, 4.69) is 34.3 Å². The first-order valence-corrected chi connectivity index (χ1v) is 4.60. The van der Waals surface area contributed by atoms with Crippen LogP contribution in [-0.2, 0) is 0 Å². The van der Waals surface area contributed by atoms with E-state index in [1.807, 2.05) is 25.4 Å². The average Bonchev–Trinajstić information content (AvgIpc) is 2.67. The zero-order chi connectivity index (χ0) is 9.97. The highest BCUT2D eigenvalue weighted by molar-refractivity contribution is 5.64. The Bertz CT molecular complexity index is 432. The molecule has 0 spiro atoms. The summed E-state index contributed by atoms with van der Waals surface area (Å²) in [7, 11) is 1.85. The predicted octanol–water partition coefficient (Wildman–Crippen LogP) is 2.43. The molecular formula is C11H13N3. The molecule has 1 aromatic heterocycles. The van der Waals surface area contributed by atoms with Crippen LogP contribution in [-0.4, -0.2) is 17.0 Å². The number of rotatable bonds is 2. The third-order valence-electron chi connectivity index (χ3n) is 2.25. The number of nitrogens with zero attached hydrogens (tertiary/aromatic N) is 1. The number of aromatic amines is 1. The largest absolute Gasteiger partial charge is 0.359 e. The number of benzene rings is 1.